The summed E-state index contributed by atoms with van der Waals surface area (Å²) in [5.41, 5.74) is 1.49. The standard InChI is InChI=1S/C15H21BrN2/c1-17-15(12-5-7-13(16)8-6-12)10-9-14-4-2-3-11-18(14)15/h5-8,14,17H,2-4,9-11H2,1H3. The molecule has 0 bridgehead atoms. The topological polar surface area (TPSA) is 15.3 Å². The minimum Gasteiger partial charge on any atom is -0.298 e. The number of fused-ring (bicyclic) bond motifs is 1. The lowest BCUT2D eigenvalue weighted by Crippen LogP contribution is -2.54. The number of benzene rings is 1. The van der Waals surface area contributed by atoms with Crippen LogP contribution in [0.15, 0.2) is 28.7 Å². The number of piperidine rings is 1. The van der Waals surface area contributed by atoms with E-state index >= 15 is 0 Å². The van der Waals surface area contributed by atoms with E-state index in [0.717, 1.165) is 10.5 Å². The molecule has 2 unspecified atom stereocenters. The molecular weight excluding hydrogens is 288 g/mol. The van der Waals surface area contributed by atoms with Gasteiger partial charge in [-0.2, -0.15) is 0 Å². The number of hydrogen-bond acceptors (Lipinski definition) is 2. The molecule has 2 fully saturated rings. The summed E-state index contributed by atoms with van der Waals surface area (Å²) in [6.45, 7) is 1.24. The maximum Gasteiger partial charge on any atom is 0.0975 e. The van der Waals surface area contributed by atoms with Gasteiger partial charge in [0.05, 0.1) is 5.66 Å². The zero-order chi connectivity index (χ0) is 12.6. The molecule has 98 valence electrons. The second kappa shape index (κ2) is 4.95. The van der Waals surface area contributed by atoms with Crippen LogP contribution in [0.4, 0.5) is 0 Å². The van der Waals surface area contributed by atoms with Crippen molar-refractivity contribution in [2.75, 3.05) is 13.6 Å². The molecule has 1 aromatic carbocycles. The van der Waals surface area contributed by atoms with Crippen LogP contribution in [-0.4, -0.2) is 24.5 Å². The lowest BCUT2D eigenvalue weighted by molar-refractivity contribution is 0.0483. The lowest BCUT2D eigenvalue weighted by atomic mass is 9.96. The van der Waals surface area contributed by atoms with E-state index in [1.807, 2.05) is 0 Å². The highest BCUT2D eigenvalue weighted by molar-refractivity contribution is 9.10. The third-order valence-corrected chi connectivity index (χ3v) is 5.22. The molecule has 2 saturated heterocycles. The summed E-state index contributed by atoms with van der Waals surface area (Å²) in [4.78, 5) is 2.71. The van der Waals surface area contributed by atoms with E-state index in [2.05, 4.69) is 57.5 Å². The van der Waals surface area contributed by atoms with Gasteiger partial charge in [-0.05, 0) is 50.4 Å². The van der Waals surface area contributed by atoms with Gasteiger partial charge in [0.25, 0.3) is 0 Å². The molecule has 2 nitrogen and oxygen atoms in total. The van der Waals surface area contributed by atoms with Crippen LogP contribution in [0.2, 0.25) is 0 Å². The van der Waals surface area contributed by atoms with E-state index < -0.39 is 0 Å². The second-order valence-corrected chi connectivity index (χ2v) is 6.41. The monoisotopic (exact) mass is 308 g/mol. The summed E-state index contributed by atoms with van der Waals surface area (Å²) in [6, 6.07) is 9.63. The Morgan fingerprint density at radius 2 is 2.00 bits per heavy atom. The molecule has 3 rings (SSSR count). The van der Waals surface area contributed by atoms with Gasteiger partial charge >= 0.3 is 0 Å². The minimum absolute atomic E-state index is 0.0752. The van der Waals surface area contributed by atoms with Crippen molar-refractivity contribution in [2.24, 2.45) is 0 Å². The van der Waals surface area contributed by atoms with E-state index in [1.54, 1.807) is 0 Å². The molecule has 0 aromatic heterocycles. The Hall–Kier alpha value is -0.380. The molecule has 2 aliphatic heterocycles. The van der Waals surface area contributed by atoms with Crippen molar-refractivity contribution in [3.05, 3.63) is 34.3 Å². The maximum absolute atomic E-state index is 3.62. The molecule has 0 radical (unpaired) electrons. The van der Waals surface area contributed by atoms with Crippen LogP contribution in [-0.2, 0) is 5.66 Å². The third kappa shape index (κ3) is 1.93. The van der Waals surface area contributed by atoms with E-state index in [1.165, 1.54) is 44.2 Å². The van der Waals surface area contributed by atoms with E-state index in [4.69, 9.17) is 0 Å². The Kier molecular flexibility index (Phi) is 3.48. The second-order valence-electron chi connectivity index (χ2n) is 5.50. The SMILES string of the molecule is CNC1(c2ccc(Br)cc2)CCC2CCCCN21. The van der Waals surface area contributed by atoms with E-state index in [9.17, 15) is 0 Å². The first-order chi connectivity index (χ1) is 8.76. The van der Waals surface area contributed by atoms with Crippen LogP contribution in [0.3, 0.4) is 0 Å². The summed E-state index contributed by atoms with van der Waals surface area (Å²) >= 11 is 3.53. The van der Waals surface area contributed by atoms with Crippen LogP contribution in [0.25, 0.3) is 0 Å². The number of nitrogens with zero attached hydrogens (tertiary/aromatic N) is 1. The fourth-order valence-electron chi connectivity index (χ4n) is 3.77. The number of halogens is 1. The highest BCUT2D eigenvalue weighted by Gasteiger charge is 2.46. The van der Waals surface area contributed by atoms with E-state index in [0.29, 0.717) is 0 Å². The van der Waals surface area contributed by atoms with Gasteiger partial charge in [-0.25, -0.2) is 0 Å². The summed E-state index contributed by atoms with van der Waals surface area (Å²) in [5, 5.41) is 3.62. The van der Waals surface area contributed by atoms with Crippen LogP contribution >= 0.6 is 15.9 Å². The van der Waals surface area contributed by atoms with Crippen LogP contribution in [0.1, 0.15) is 37.7 Å². The summed E-state index contributed by atoms with van der Waals surface area (Å²) in [7, 11) is 2.11. The Bertz CT molecular complexity index is 417. The lowest BCUT2D eigenvalue weighted by Gasteiger charge is -2.43. The fraction of sp³-hybridized carbons (Fsp3) is 0.600. The molecule has 18 heavy (non-hydrogen) atoms. The molecule has 1 N–H and O–H groups in total. The van der Waals surface area contributed by atoms with Crippen LogP contribution in [0, 0.1) is 0 Å². The summed E-state index contributed by atoms with van der Waals surface area (Å²) < 4.78 is 1.16. The Labute approximate surface area is 118 Å². The molecular formula is C15H21BrN2. The summed E-state index contributed by atoms with van der Waals surface area (Å²) in [6.07, 6.45) is 6.68. The first-order valence-electron chi connectivity index (χ1n) is 6.98. The number of nitrogens with one attached hydrogen (secondary N) is 1. The Morgan fingerprint density at radius 1 is 1.22 bits per heavy atom. The molecule has 2 atom stereocenters. The average Bonchev–Trinajstić information content (AvgIpc) is 2.80. The minimum atomic E-state index is 0.0752. The molecule has 3 heteroatoms. The first-order valence-corrected chi connectivity index (χ1v) is 7.77. The smallest absolute Gasteiger partial charge is 0.0975 e. The fourth-order valence-corrected chi connectivity index (χ4v) is 4.04. The highest BCUT2D eigenvalue weighted by Crippen LogP contribution is 2.43. The predicted molar refractivity (Wildman–Crippen MR) is 78.5 cm³/mol. The number of hydrogen-bond donors (Lipinski definition) is 1. The van der Waals surface area contributed by atoms with Gasteiger partial charge in [-0.15, -0.1) is 0 Å². The number of rotatable bonds is 2. The van der Waals surface area contributed by atoms with Gasteiger partial charge in [0, 0.05) is 17.1 Å². The molecule has 0 aliphatic carbocycles. The molecule has 0 amide bonds. The van der Waals surface area contributed by atoms with Gasteiger partial charge in [0.1, 0.15) is 0 Å². The molecule has 1 aromatic rings. The van der Waals surface area contributed by atoms with Gasteiger partial charge in [-0.3, -0.25) is 10.2 Å². The highest BCUT2D eigenvalue weighted by atomic mass is 79.9. The first kappa shape index (κ1) is 12.6. The van der Waals surface area contributed by atoms with Crippen molar-refractivity contribution < 1.29 is 0 Å². The molecule has 0 spiro atoms. The van der Waals surface area contributed by atoms with Crippen molar-refractivity contribution in [1.82, 2.24) is 10.2 Å². The third-order valence-electron chi connectivity index (χ3n) is 4.69. The van der Waals surface area contributed by atoms with Crippen LogP contribution < -0.4 is 5.32 Å². The molecule has 2 aliphatic rings. The quantitative estimate of drug-likeness (QED) is 0.900. The zero-order valence-electron chi connectivity index (χ0n) is 11.0. The van der Waals surface area contributed by atoms with Crippen molar-refractivity contribution >= 4 is 15.9 Å². The molecule has 0 saturated carbocycles. The van der Waals surface area contributed by atoms with Gasteiger partial charge in [0.15, 0.2) is 0 Å². The summed E-state index contributed by atoms with van der Waals surface area (Å²) in [5.74, 6) is 0. The predicted octanol–water partition coefficient (Wildman–Crippen LogP) is 3.47. The normalized spacial score (nSPS) is 32.4. The maximum atomic E-state index is 3.62. The van der Waals surface area contributed by atoms with Gasteiger partial charge in [-0.1, -0.05) is 34.5 Å². The molecule has 2 heterocycles. The Balaban J connectivity index is 1.96. The average molecular weight is 309 g/mol. The zero-order valence-corrected chi connectivity index (χ0v) is 12.5. The van der Waals surface area contributed by atoms with Crippen molar-refractivity contribution in [3.63, 3.8) is 0 Å². The van der Waals surface area contributed by atoms with Crippen LogP contribution in [0.5, 0.6) is 0 Å². The van der Waals surface area contributed by atoms with Crippen molar-refractivity contribution in [2.45, 2.75) is 43.8 Å². The Morgan fingerprint density at radius 3 is 2.72 bits per heavy atom. The van der Waals surface area contributed by atoms with Gasteiger partial charge in [0.2, 0.25) is 0 Å². The van der Waals surface area contributed by atoms with E-state index in [-0.39, 0.29) is 5.66 Å². The van der Waals surface area contributed by atoms with Crippen molar-refractivity contribution in [1.29, 1.82) is 0 Å². The largest absolute Gasteiger partial charge is 0.298 e. The van der Waals surface area contributed by atoms with Crippen molar-refractivity contribution in [3.8, 4) is 0 Å². The van der Waals surface area contributed by atoms with Gasteiger partial charge < -0.3 is 0 Å².